The summed E-state index contributed by atoms with van der Waals surface area (Å²) in [6, 6.07) is 11.7. The molecular weight excluding hydrogens is 647 g/mol. The molecule has 6 rings (SSSR count). The molecule has 1 N–H and O–H groups in total. The van der Waals surface area contributed by atoms with Crippen LogP contribution in [-0.4, -0.2) is 54.1 Å². The first-order valence-corrected chi connectivity index (χ1v) is 20.1. The minimum absolute atomic E-state index is 0.0658. The fourth-order valence-corrected chi connectivity index (χ4v) is 9.29. The highest BCUT2D eigenvalue weighted by Gasteiger charge is 2.43. The summed E-state index contributed by atoms with van der Waals surface area (Å²) in [5.41, 5.74) is 5.95. The molecule has 3 aromatic rings. The Labute approximate surface area is 298 Å². The van der Waals surface area contributed by atoms with E-state index in [1.165, 1.54) is 12.0 Å². The molecule has 2 aliphatic heterocycles. The molecule has 9 heteroatoms. The predicted octanol–water partition coefficient (Wildman–Crippen LogP) is 8.75. The molecule has 1 unspecified atom stereocenters. The third-order valence-corrected chi connectivity index (χ3v) is 13.0. The molecule has 1 aliphatic carbocycles. The molecule has 1 saturated heterocycles. The number of allylic oxidation sites excluding steroid dienone is 2. The number of ether oxygens (including phenoxy) is 1. The van der Waals surface area contributed by atoms with Gasteiger partial charge in [-0.15, -0.1) is 0 Å². The quantitative estimate of drug-likeness (QED) is 0.202. The first-order chi connectivity index (χ1) is 24.0. The molecule has 0 bridgehead atoms. The van der Waals surface area contributed by atoms with Gasteiger partial charge in [-0.05, 0) is 119 Å². The van der Waals surface area contributed by atoms with Crippen LogP contribution in [0.2, 0.25) is 0 Å². The van der Waals surface area contributed by atoms with Crippen molar-refractivity contribution in [2.75, 3.05) is 13.7 Å². The van der Waals surface area contributed by atoms with Gasteiger partial charge in [0.15, 0.2) is 0 Å². The molecule has 0 radical (unpaired) electrons. The Hall–Kier alpha value is -3.85. The van der Waals surface area contributed by atoms with E-state index in [-0.39, 0.29) is 17.0 Å². The van der Waals surface area contributed by atoms with Crippen molar-refractivity contribution < 1.29 is 22.7 Å². The summed E-state index contributed by atoms with van der Waals surface area (Å²) < 4.78 is 35.6. The normalized spacial score (nSPS) is 19.8. The Morgan fingerprint density at radius 3 is 2.54 bits per heavy atom. The number of carbonyl (C=O) groups excluding carboxylic acids is 2. The van der Waals surface area contributed by atoms with Crippen molar-refractivity contribution in [3.63, 3.8) is 0 Å². The second-order valence-electron chi connectivity index (χ2n) is 14.7. The van der Waals surface area contributed by atoms with E-state index in [4.69, 9.17) is 4.74 Å². The zero-order valence-electron chi connectivity index (χ0n) is 30.4. The van der Waals surface area contributed by atoms with Gasteiger partial charge in [0.05, 0.1) is 24.6 Å². The van der Waals surface area contributed by atoms with Crippen LogP contribution in [0.3, 0.4) is 0 Å². The van der Waals surface area contributed by atoms with Crippen LogP contribution in [0, 0.1) is 0 Å². The second-order valence-corrected chi connectivity index (χ2v) is 16.9. The van der Waals surface area contributed by atoms with Crippen molar-refractivity contribution in [2.24, 2.45) is 0 Å². The zero-order valence-corrected chi connectivity index (χ0v) is 31.2. The predicted molar refractivity (Wildman–Crippen MR) is 202 cm³/mol. The number of methoxy groups -OCH3 is 1. The van der Waals surface area contributed by atoms with Crippen LogP contribution in [-0.2, 0) is 21.4 Å². The van der Waals surface area contributed by atoms with Crippen molar-refractivity contribution in [1.82, 2.24) is 14.2 Å². The molecule has 1 aromatic heterocycles. The topological polar surface area (TPSA) is 97.7 Å². The third kappa shape index (κ3) is 6.78. The molecule has 268 valence electrons. The van der Waals surface area contributed by atoms with Crippen LogP contribution in [0.5, 0.6) is 5.75 Å². The molecule has 2 fully saturated rings. The lowest BCUT2D eigenvalue weighted by molar-refractivity contribution is -0.131. The van der Waals surface area contributed by atoms with Crippen molar-refractivity contribution in [3.8, 4) is 17.0 Å². The lowest BCUT2D eigenvalue weighted by Crippen LogP contribution is -2.48. The molecule has 1 atom stereocenters. The molecule has 0 spiro atoms. The number of benzene rings is 2. The van der Waals surface area contributed by atoms with Gasteiger partial charge in [-0.2, -0.15) is 0 Å². The molecular formula is C41H53N3O5S. The SMILES string of the molecule is C/C=C\CCC1(CCC)CCCN1C(=O)C1=Cc2cc(OC)ccc2-c2c(C3CCCCC3)c3ccc(C(=O)NS(=O)(=O)C(C)C)cc3n2C1. The van der Waals surface area contributed by atoms with Gasteiger partial charge in [0, 0.05) is 39.7 Å². The van der Waals surface area contributed by atoms with Gasteiger partial charge in [-0.3, -0.25) is 9.59 Å². The summed E-state index contributed by atoms with van der Waals surface area (Å²) in [5.74, 6) is 0.478. The first kappa shape index (κ1) is 36.0. The number of sulfonamides is 1. The number of aromatic nitrogens is 1. The molecule has 50 heavy (non-hydrogen) atoms. The summed E-state index contributed by atoms with van der Waals surface area (Å²) in [6.07, 6.45) is 17.9. The van der Waals surface area contributed by atoms with Crippen LogP contribution in [0.25, 0.3) is 28.2 Å². The van der Waals surface area contributed by atoms with Crippen LogP contribution in [0.15, 0.2) is 54.1 Å². The molecule has 3 heterocycles. The summed E-state index contributed by atoms with van der Waals surface area (Å²) in [5, 5.41) is 0.312. The maximum atomic E-state index is 15.0. The average Bonchev–Trinajstić information content (AvgIpc) is 3.61. The number of nitrogens with zero attached hydrogens (tertiary/aromatic N) is 2. The summed E-state index contributed by atoms with van der Waals surface area (Å²) in [4.78, 5) is 30.5. The Kier molecular flexibility index (Phi) is 10.6. The van der Waals surface area contributed by atoms with Gasteiger partial charge in [0.2, 0.25) is 10.0 Å². The largest absolute Gasteiger partial charge is 0.497 e. The van der Waals surface area contributed by atoms with E-state index < -0.39 is 21.2 Å². The highest BCUT2D eigenvalue weighted by molar-refractivity contribution is 7.90. The second kappa shape index (κ2) is 14.8. The molecule has 1 saturated carbocycles. The van der Waals surface area contributed by atoms with Gasteiger partial charge < -0.3 is 14.2 Å². The van der Waals surface area contributed by atoms with Crippen LogP contribution in [0.4, 0.5) is 0 Å². The average molecular weight is 700 g/mol. The highest BCUT2D eigenvalue weighted by Crippen LogP contribution is 2.48. The highest BCUT2D eigenvalue weighted by atomic mass is 32.2. The maximum absolute atomic E-state index is 15.0. The Bertz CT molecular complexity index is 1930. The van der Waals surface area contributed by atoms with E-state index in [2.05, 4.69) is 45.4 Å². The number of fused-ring (bicyclic) bond motifs is 5. The Balaban J connectivity index is 1.54. The lowest BCUT2D eigenvalue weighted by Gasteiger charge is -2.39. The smallest absolute Gasteiger partial charge is 0.264 e. The molecule has 2 aromatic carbocycles. The van der Waals surface area contributed by atoms with E-state index >= 15 is 0 Å². The standard InChI is InChI=1S/C41H53N3O5S/c1-6-8-12-21-41(20-7-2)22-13-23-44(41)40(46)32-24-31-25-33(49-5)17-19-34(31)38-37(29-14-10-9-11-15-29)35-18-16-30(26-36(35)43(38)27-32)39(45)42-50(47,48)28(3)4/h6,8,16-19,24-26,28-29H,7,9-15,20-23,27H2,1-5H3,(H,42,45)/b8-6-. The van der Waals surface area contributed by atoms with Crippen LogP contribution in [0.1, 0.15) is 126 Å². The van der Waals surface area contributed by atoms with Crippen molar-refractivity contribution in [1.29, 1.82) is 0 Å². The summed E-state index contributed by atoms with van der Waals surface area (Å²) in [7, 11) is -2.15. The van der Waals surface area contributed by atoms with E-state index in [9.17, 15) is 18.0 Å². The van der Waals surface area contributed by atoms with Gasteiger partial charge in [0.25, 0.3) is 11.8 Å². The zero-order chi connectivity index (χ0) is 35.6. The summed E-state index contributed by atoms with van der Waals surface area (Å²) >= 11 is 0. The Morgan fingerprint density at radius 1 is 1.06 bits per heavy atom. The van der Waals surface area contributed by atoms with Crippen LogP contribution >= 0.6 is 0 Å². The number of likely N-dealkylation sites (tertiary alicyclic amines) is 1. The minimum Gasteiger partial charge on any atom is -0.497 e. The number of rotatable bonds is 11. The molecule has 8 nitrogen and oxygen atoms in total. The van der Waals surface area contributed by atoms with Gasteiger partial charge in [0.1, 0.15) is 5.75 Å². The fourth-order valence-electron chi connectivity index (χ4n) is 8.68. The van der Waals surface area contributed by atoms with E-state index in [0.29, 0.717) is 18.0 Å². The van der Waals surface area contributed by atoms with Crippen molar-refractivity contribution >= 4 is 38.8 Å². The lowest BCUT2D eigenvalue weighted by atomic mass is 9.81. The number of hydrogen-bond acceptors (Lipinski definition) is 5. The number of amides is 2. The number of hydrogen-bond donors (Lipinski definition) is 1. The van der Waals surface area contributed by atoms with E-state index in [0.717, 1.165) is 104 Å². The number of carbonyl (C=O) groups is 2. The third-order valence-electron chi connectivity index (χ3n) is 11.3. The van der Waals surface area contributed by atoms with Gasteiger partial charge in [-0.1, -0.05) is 50.8 Å². The molecule has 2 amide bonds. The van der Waals surface area contributed by atoms with Gasteiger partial charge >= 0.3 is 0 Å². The van der Waals surface area contributed by atoms with E-state index in [1.54, 1.807) is 27.0 Å². The number of nitrogens with one attached hydrogen (secondary N) is 1. The van der Waals surface area contributed by atoms with Crippen molar-refractivity contribution in [3.05, 3.63) is 70.8 Å². The van der Waals surface area contributed by atoms with Crippen molar-refractivity contribution in [2.45, 2.75) is 122 Å². The fraction of sp³-hybridized carbons (Fsp3) is 0.512. The monoisotopic (exact) mass is 699 g/mol. The molecule has 3 aliphatic rings. The summed E-state index contributed by atoms with van der Waals surface area (Å²) in [6.45, 7) is 8.43. The maximum Gasteiger partial charge on any atom is 0.264 e. The Morgan fingerprint density at radius 2 is 1.84 bits per heavy atom. The first-order valence-electron chi connectivity index (χ1n) is 18.6. The minimum atomic E-state index is -3.82. The van der Waals surface area contributed by atoms with E-state index in [1.807, 2.05) is 31.2 Å². The van der Waals surface area contributed by atoms with Crippen LogP contribution < -0.4 is 9.46 Å². The van der Waals surface area contributed by atoms with Gasteiger partial charge in [-0.25, -0.2) is 13.1 Å².